The van der Waals surface area contributed by atoms with Crippen molar-refractivity contribution < 1.29 is 23.8 Å². The van der Waals surface area contributed by atoms with Crippen molar-refractivity contribution in [1.82, 2.24) is 0 Å². The molecule has 0 aliphatic carbocycles. The van der Waals surface area contributed by atoms with Gasteiger partial charge in [-0.05, 0) is 17.7 Å². The van der Waals surface area contributed by atoms with Gasteiger partial charge in [0.1, 0.15) is 12.4 Å². The first-order valence-corrected chi connectivity index (χ1v) is 4.40. The normalized spacial score (nSPS) is 10.3. The summed E-state index contributed by atoms with van der Waals surface area (Å²) < 4.78 is 17.4. The molecule has 1 rings (SSSR count). The Labute approximate surface area is 91.0 Å². The molecule has 0 heterocycles. The molecule has 0 spiro atoms. The van der Waals surface area contributed by atoms with Crippen molar-refractivity contribution in [2.24, 2.45) is 0 Å². The highest BCUT2D eigenvalue weighted by molar-refractivity contribution is 5.90. The van der Waals surface area contributed by atoms with Crippen LogP contribution < -0.4 is 0 Å². The van der Waals surface area contributed by atoms with E-state index in [-0.39, 0.29) is 6.61 Å². The van der Waals surface area contributed by atoms with Gasteiger partial charge in [-0.1, -0.05) is 12.1 Å². The zero-order chi connectivity index (χ0) is 12.0. The average Bonchev–Trinajstić information content (AvgIpc) is 2.23. The van der Waals surface area contributed by atoms with Crippen molar-refractivity contribution in [2.75, 3.05) is 0 Å². The van der Waals surface area contributed by atoms with Crippen LogP contribution in [-0.4, -0.2) is 17.0 Å². The Morgan fingerprint density at radius 3 is 2.75 bits per heavy atom. The van der Waals surface area contributed by atoms with E-state index in [1.54, 1.807) is 6.07 Å². The van der Waals surface area contributed by atoms with E-state index in [0.717, 1.165) is 6.08 Å². The Kier molecular flexibility index (Phi) is 4.20. The molecule has 0 amide bonds. The van der Waals surface area contributed by atoms with Gasteiger partial charge in [-0.15, -0.1) is 0 Å². The van der Waals surface area contributed by atoms with Crippen LogP contribution in [0.25, 0.3) is 0 Å². The number of hydrogen-bond donors (Lipinski definition) is 1. The molecule has 0 saturated carbocycles. The summed E-state index contributed by atoms with van der Waals surface area (Å²) in [5, 5.41) is 8.24. The highest BCUT2D eigenvalue weighted by atomic mass is 19.1. The molecule has 0 fully saturated rings. The summed E-state index contributed by atoms with van der Waals surface area (Å²) in [6.45, 7) is -0.0967. The first-order valence-electron chi connectivity index (χ1n) is 4.40. The molecule has 0 radical (unpaired) electrons. The standard InChI is InChI=1S/C11H9FO4/c12-9-3-1-2-8(6-9)7-16-11(15)5-4-10(13)14/h1-6H,7H2,(H,13,14)/b5-4+. The molecule has 0 atom stereocenters. The maximum Gasteiger partial charge on any atom is 0.331 e. The van der Waals surface area contributed by atoms with Gasteiger partial charge in [0, 0.05) is 12.2 Å². The number of carbonyl (C=O) groups excluding carboxylic acids is 1. The summed E-state index contributed by atoms with van der Waals surface area (Å²) in [6, 6.07) is 5.59. The minimum absolute atomic E-state index is 0.0967. The van der Waals surface area contributed by atoms with Crippen LogP contribution in [0, 0.1) is 5.82 Å². The fourth-order valence-electron chi connectivity index (χ4n) is 0.969. The number of esters is 1. The van der Waals surface area contributed by atoms with E-state index in [0.29, 0.717) is 11.6 Å². The van der Waals surface area contributed by atoms with E-state index in [9.17, 15) is 14.0 Å². The molecular formula is C11H9FO4. The summed E-state index contributed by atoms with van der Waals surface area (Å²) >= 11 is 0. The van der Waals surface area contributed by atoms with Crippen molar-refractivity contribution in [3.63, 3.8) is 0 Å². The lowest BCUT2D eigenvalue weighted by atomic mass is 10.2. The van der Waals surface area contributed by atoms with Crippen LogP contribution in [0.3, 0.4) is 0 Å². The summed E-state index contributed by atoms with van der Waals surface area (Å²) in [4.78, 5) is 21.0. The monoisotopic (exact) mass is 224 g/mol. The van der Waals surface area contributed by atoms with Crippen molar-refractivity contribution in [3.05, 3.63) is 47.8 Å². The number of halogens is 1. The average molecular weight is 224 g/mol. The summed E-state index contributed by atoms with van der Waals surface area (Å²) in [5.74, 6) is -2.44. The Morgan fingerprint density at radius 2 is 2.12 bits per heavy atom. The minimum atomic E-state index is -1.23. The number of hydrogen-bond acceptors (Lipinski definition) is 3. The van der Waals surface area contributed by atoms with Gasteiger partial charge in [0.05, 0.1) is 0 Å². The minimum Gasteiger partial charge on any atom is -0.478 e. The van der Waals surface area contributed by atoms with Crippen molar-refractivity contribution in [1.29, 1.82) is 0 Å². The largest absolute Gasteiger partial charge is 0.478 e. The van der Waals surface area contributed by atoms with E-state index in [2.05, 4.69) is 4.74 Å². The van der Waals surface area contributed by atoms with E-state index >= 15 is 0 Å². The number of ether oxygens (including phenoxy) is 1. The molecule has 0 unspecified atom stereocenters. The fraction of sp³-hybridized carbons (Fsp3) is 0.0909. The Hall–Kier alpha value is -2.17. The maximum absolute atomic E-state index is 12.7. The summed E-state index contributed by atoms with van der Waals surface area (Å²) in [7, 11) is 0. The number of carbonyl (C=O) groups is 2. The molecule has 0 aliphatic heterocycles. The van der Waals surface area contributed by atoms with Gasteiger partial charge < -0.3 is 9.84 Å². The fourth-order valence-corrected chi connectivity index (χ4v) is 0.969. The Bertz CT molecular complexity index is 426. The van der Waals surface area contributed by atoms with Crippen LogP contribution in [0.2, 0.25) is 0 Å². The molecule has 0 saturated heterocycles. The van der Waals surface area contributed by atoms with E-state index in [4.69, 9.17) is 5.11 Å². The second-order valence-corrected chi connectivity index (χ2v) is 2.91. The molecule has 1 aromatic carbocycles. The third-order valence-electron chi connectivity index (χ3n) is 1.63. The van der Waals surface area contributed by atoms with Gasteiger partial charge in [-0.25, -0.2) is 14.0 Å². The number of carboxylic acids is 1. The lowest BCUT2D eigenvalue weighted by Gasteiger charge is -2.01. The molecule has 4 nitrogen and oxygen atoms in total. The van der Waals surface area contributed by atoms with Gasteiger partial charge >= 0.3 is 11.9 Å². The number of aliphatic carboxylic acids is 1. The van der Waals surface area contributed by atoms with Crippen LogP contribution in [0.4, 0.5) is 4.39 Å². The number of rotatable bonds is 4. The highest BCUT2D eigenvalue weighted by Crippen LogP contribution is 2.04. The summed E-state index contributed by atoms with van der Waals surface area (Å²) in [6.07, 6.45) is 1.47. The van der Waals surface area contributed by atoms with E-state index in [1.807, 2.05) is 0 Å². The maximum atomic E-state index is 12.7. The number of carboxylic acid groups (broad SMARTS) is 1. The van der Waals surface area contributed by atoms with Gasteiger partial charge in [0.2, 0.25) is 0 Å². The molecule has 1 aromatic rings. The van der Waals surface area contributed by atoms with Crippen LogP contribution in [-0.2, 0) is 20.9 Å². The van der Waals surface area contributed by atoms with Gasteiger partial charge in [-0.3, -0.25) is 0 Å². The first kappa shape index (κ1) is 11.9. The van der Waals surface area contributed by atoms with Crippen molar-refractivity contribution in [2.45, 2.75) is 6.61 Å². The molecule has 0 bridgehead atoms. The van der Waals surface area contributed by atoms with Gasteiger partial charge in [-0.2, -0.15) is 0 Å². The lowest BCUT2D eigenvalue weighted by molar-refractivity contribution is -0.139. The predicted octanol–water partition coefficient (Wildman–Crippen LogP) is 1.51. The molecule has 0 aliphatic rings. The Morgan fingerprint density at radius 1 is 1.38 bits per heavy atom. The smallest absolute Gasteiger partial charge is 0.331 e. The second-order valence-electron chi connectivity index (χ2n) is 2.91. The zero-order valence-corrected chi connectivity index (χ0v) is 8.22. The van der Waals surface area contributed by atoms with Crippen LogP contribution in [0.5, 0.6) is 0 Å². The van der Waals surface area contributed by atoms with Gasteiger partial charge in [0.15, 0.2) is 0 Å². The van der Waals surface area contributed by atoms with Crippen LogP contribution in [0.15, 0.2) is 36.4 Å². The first-order chi connectivity index (χ1) is 7.58. The van der Waals surface area contributed by atoms with Crippen molar-refractivity contribution in [3.8, 4) is 0 Å². The van der Waals surface area contributed by atoms with Gasteiger partial charge in [0.25, 0.3) is 0 Å². The third-order valence-corrected chi connectivity index (χ3v) is 1.63. The quantitative estimate of drug-likeness (QED) is 0.622. The van der Waals surface area contributed by atoms with Crippen LogP contribution >= 0.6 is 0 Å². The SMILES string of the molecule is O=C(O)/C=C/C(=O)OCc1cccc(F)c1. The summed E-state index contributed by atoms with van der Waals surface area (Å²) in [5.41, 5.74) is 0.497. The zero-order valence-electron chi connectivity index (χ0n) is 8.22. The molecule has 16 heavy (non-hydrogen) atoms. The third kappa shape index (κ3) is 4.36. The van der Waals surface area contributed by atoms with E-state index < -0.39 is 17.8 Å². The van der Waals surface area contributed by atoms with Crippen molar-refractivity contribution >= 4 is 11.9 Å². The van der Waals surface area contributed by atoms with Crippen LogP contribution in [0.1, 0.15) is 5.56 Å². The molecule has 1 N–H and O–H groups in total. The molecule has 84 valence electrons. The van der Waals surface area contributed by atoms with E-state index in [1.165, 1.54) is 18.2 Å². The Balaban J connectivity index is 2.46. The molecular weight excluding hydrogens is 215 g/mol. The number of benzene rings is 1. The molecule has 0 aromatic heterocycles. The highest BCUT2D eigenvalue weighted by Gasteiger charge is 2.00. The predicted molar refractivity (Wildman–Crippen MR) is 53.0 cm³/mol. The lowest BCUT2D eigenvalue weighted by Crippen LogP contribution is -2.02. The molecule has 5 heteroatoms. The topological polar surface area (TPSA) is 63.6 Å². The second kappa shape index (κ2) is 5.65.